The van der Waals surface area contributed by atoms with Crippen LogP contribution in [0.1, 0.15) is 57.9 Å². The predicted molar refractivity (Wildman–Crippen MR) is 72.7 cm³/mol. The van der Waals surface area contributed by atoms with Crippen LogP contribution in [-0.2, 0) is 0 Å². The van der Waals surface area contributed by atoms with Crippen LogP contribution in [0.15, 0.2) is 30.3 Å². The molecule has 0 N–H and O–H groups in total. The molecule has 0 aliphatic heterocycles. The molecule has 1 nitrogen and oxygen atoms in total. The zero-order valence-electron chi connectivity index (χ0n) is 11.2. The summed E-state index contributed by atoms with van der Waals surface area (Å²) in [4.78, 5) is 0. The Morgan fingerprint density at radius 1 is 1.24 bits per heavy atom. The molecule has 1 saturated carbocycles. The van der Waals surface area contributed by atoms with Gasteiger partial charge in [0.2, 0.25) is 0 Å². The van der Waals surface area contributed by atoms with Gasteiger partial charge < -0.3 is 0 Å². The average Bonchev–Trinajstić information content (AvgIpc) is 2.30. The van der Waals surface area contributed by atoms with Gasteiger partial charge >= 0.3 is 0 Å². The predicted octanol–water partition coefficient (Wildman–Crippen LogP) is 4.90. The zero-order chi connectivity index (χ0) is 12.7. The van der Waals surface area contributed by atoms with Crippen LogP contribution in [0.2, 0.25) is 0 Å². The SMILES string of the molecule is CC#N.CC1(C)CCCC(c2ccccc2)C1. The van der Waals surface area contributed by atoms with Crippen LogP contribution in [0.4, 0.5) is 0 Å². The van der Waals surface area contributed by atoms with Crippen LogP contribution in [0, 0.1) is 16.7 Å². The van der Waals surface area contributed by atoms with Gasteiger partial charge in [0.25, 0.3) is 0 Å². The van der Waals surface area contributed by atoms with E-state index in [0.29, 0.717) is 5.41 Å². The minimum Gasteiger partial charge on any atom is -0.199 e. The van der Waals surface area contributed by atoms with Crippen molar-refractivity contribution in [1.29, 1.82) is 5.26 Å². The molecule has 1 aromatic carbocycles. The lowest BCUT2D eigenvalue weighted by Gasteiger charge is -2.35. The van der Waals surface area contributed by atoms with Gasteiger partial charge in [-0.1, -0.05) is 50.6 Å². The maximum atomic E-state index is 7.32. The molecule has 2 rings (SSSR count). The fourth-order valence-electron chi connectivity index (χ4n) is 2.71. The molecule has 1 heteroatoms. The van der Waals surface area contributed by atoms with Crippen molar-refractivity contribution in [2.24, 2.45) is 5.41 Å². The summed E-state index contributed by atoms with van der Waals surface area (Å²) in [6, 6.07) is 12.8. The number of benzene rings is 1. The van der Waals surface area contributed by atoms with Crippen LogP contribution in [0.5, 0.6) is 0 Å². The molecule has 0 heterocycles. The first kappa shape index (κ1) is 13.8. The third-order valence-electron chi connectivity index (χ3n) is 3.48. The standard InChI is InChI=1S/C14H20.C2H3N/c1-14(2)10-6-9-13(11-14)12-7-4-3-5-8-12;1-2-3/h3-5,7-8,13H,6,9-11H2,1-2H3;1H3. The summed E-state index contributed by atoms with van der Waals surface area (Å²) in [6.45, 7) is 6.24. The van der Waals surface area contributed by atoms with E-state index in [1.807, 2.05) is 0 Å². The largest absolute Gasteiger partial charge is 0.199 e. The molecular formula is C16H23N. The van der Waals surface area contributed by atoms with Crippen molar-refractivity contribution in [3.05, 3.63) is 35.9 Å². The Morgan fingerprint density at radius 2 is 1.82 bits per heavy atom. The Labute approximate surface area is 105 Å². The van der Waals surface area contributed by atoms with Gasteiger partial charge in [0.15, 0.2) is 0 Å². The lowest BCUT2D eigenvalue weighted by molar-refractivity contribution is 0.219. The molecule has 17 heavy (non-hydrogen) atoms. The Morgan fingerprint density at radius 3 is 2.35 bits per heavy atom. The van der Waals surface area contributed by atoms with Gasteiger partial charge in [-0.15, -0.1) is 0 Å². The van der Waals surface area contributed by atoms with E-state index < -0.39 is 0 Å². The van der Waals surface area contributed by atoms with Crippen LogP contribution < -0.4 is 0 Å². The Kier molecular flexibility index (Phi) is 5.22. The Hall–Kier alpha value is -1.29. The fraction of sp³-hybridized carbons (Fsp3) is 0.562. The topological polar surface area (TPSA) is 23.8 Å². The van der Waals surface area contributed by atoms with E-state index in [1.54, 1.807) is 11.6 Å². The second kappa shape index (κ2) is 6.45. The monoisotopic (exact) mass is 229 g/mol. The number of nitrogens with zero attached hydrogens (tertiary/aromatic N) is 1. The molecule has 1 fully saturated rings. The quantitative estimate of drug-likeness (QED) is 0.672. The van der Waals surface area contributed by atoms with Crippen molar-refractivity contribution in [2.45, 2.75) is 52.4 Å². The highest BCUT2D eigenvalue weighted by Crippen LogP contribution is 2.43. The molecule has 1 aliphatic carbocycles. The van der Waals surface area contributed by atoms with E-state index in [9.17, 15) is 0 Å². The molecule has 1 aliphatic rings. The maximum absolute atomic E-state index is 7.32. The summed E-state index contributed by atoms with van der Waals surface area (Å²) in [7, 11) is 0. The van der Waals surface area contributed by atoms with Gasteiger partial charge in [-0.2, -0.15) is 5.26 Å². The molecule has 1 unspecified atom stereocenters. The molecule has 0 amide bonds. The van der Waals surface area contributed by atoms with Crippen molar-refractivity contribution < 1.29 is 0 Å². The average molecular weight is 229 g/mol. The van der Waals surface area contributed by atoms with E-state index >= 15 is 0 Å². The molecule has 1 atom stereocenters. The normalized spacial score (nSPS) is 21.9. The molecule has 0 spiro atoms. The highest BCUT2D eigenvalue weighted by molar-refractivity contribution is 5.20. The molecule has 1 aromatic rings. The summed E-state index contributed by atoms with van der Waals surface area (Å²) in [5.41, 5.74) is 2.10. The first-order valence-electron chi connectivity index (χ1n) is 6.45. The van der Waals surface area contributed by atoms with Gasteiger partial charge in [-0.25, -0.2) is 0 Å². The molecule has 92 valence electrons. The molecule has 0 saturated heterocycles. The van der Waals surface area contributed by atoms with Crippen molar-refractivity contribution in [3.63, 3.8) is 0 Å². The van der Waals surface area contributed by atoms with Gasteiger partial charge in [0.1, 0.15) is 0 Å². The van der Waals surface area contributed by atoms with Crippen LogP contribution in [-0.4, -0.2) is 0 Å². The third-order valence-corrected chi connectivity index (χ3v) is 3.48. The molecule has 0 aromatic heterocycles. The van der Waals surface area contributed by atoms with Crippen molar-refractivity contribution in [1.82, 2.24) is 0 Å². The van der Waals surface area contributed by atoms with Gasteiger partial charge in [-0.05, 0) is 36.2 Å². The maximum Gasteiger partial charge on any atom is 0.0587 e. The first-order valence-corrected chi connectivity index (χ1v) is 6.45. The third kappa shape index (κ3) is 4.61. The second-order valence-electron chi connectivity index (χ2n) is 5.59. The minimum atomic E-state index is 0.554. The summed E-state index contributed by atoms with van der Waals surface area (Å²) >= 11 is 0. The van der Waals surface area contributed by atoms with E-state index in [4.69, 9.17) is 5.26 Å². The van der Waals surface area contributed by atoms with Gasteiger partial charge in [0, 0.05) is 6.92 Å². The van der Waals surface area contributed by atoms with Gasteiger partial charge in [-0.3, -0.25) is 0 Å². The number of rotatable bonds is 1. The summed E-state index contributed by atoms with van der Waals surface area (Å²) in [6.07, 6.45) is 5.54. The number of nitriles is 1. The van der Waals surface area contributed by atoms with Gasteiger partial charge in [0.05, 0.1) is 6.07 Å². The van der Waals surface area contributed by atoms with E-state index in [1.165, 1.54) is 32.6 Å². The lowest BCUT2D eigenvalue weighted by atomic mass is 9.70. The second-order valence-corrected chi connectivity index (χ2v) is 5.59. The van der Waals surface area contributed by atoms with Crippen molar-refractivity contribution in [3.8, 4) is 6.07 Å². The highest BCUT2D eigenvalue weighted by Gasteiger charge is 2.28. The number of hydrogen-bond acceptors (Lipinski definition) is 1. The summed E-state index contributed by atoms with van der Waals surface area (Å²) in [5, 5.41) is 7.32. The molecule has 0 bridgehead atoms. The van der Waals surface area contributed by atoms with Crippen LogP contribution in [0.25, 0.3) is 0 Å². The Balaban J connectivity index is 0.000000437. The van der Waals surface area contributed by atoms with E-state index in [2.05, 4.69) is 44.2 Å². The van der Waals surface area contributed by atoms with Crippen molar-refractivity contribution >= 4 is 0 Å². The van der Waals surface area contributed by atoms with E-state index in [0.717, 1.165) is 5.92 Å². The fourth-order valence-corrected chi connectivity index (χ4v) is 2.71. The van der Waals surface area contributed by atoms with Crippen molar-refractivity contribution in [2.75, 3.05) is 0 Å². The lowest BCUT2D eigenvalue weighted by Crippen LogP contribution is -2.21. The highest BCUT2D eigenvalue weighted by atomic mass is 14.3. The van der Waals surface area contributed by atoms with Crippen LogP contribution in [0.3, 0.4) is 0 Å². The smallest absolute Gasteiger partial charge is 0.0587 e. The molecular weight excluding hydrogens is 206 g/mol. The van der Waals surface area contributed by atoms with E-state index in [-0.39, 0.29) is 0 Å². The Bertz CT molecular complexity index is 359. The summed E-state index contributed by atoms with van der Waals surface area (Å²) < 4.78 is 0. The number of hydrogen-bond donors (Lipinski definition) is 0. The molecule has 0 radical (unpaired) electrons. The van der Waals surface area contributed by atoms with Crippen LogP contribution >= 0.6 is 0 Å². The minimum absolute atomic E-state index is 0.554. The zero-order valence-corrected chi connectivity index (χ0v) is 11.2. The first-order chi connectivity index (χ1) is 8.09. The summed E-state index contributed by atoms with van der Waals surface area (Å²) in [5.74, 6) is 0.806.